The molecule has 2 aromatic rings. The molecule has 0 spiro atoms. The van der Waals surface area contributed by atoms with Crippen LogP contribution in [0.15, 0.2) is 54.6 Å². The van der Waals surface area contributed by atoms with E-state index in [1.54, 1.807) is 48.5 Å². The summed E-state index contributed by atoms with van der Waals surface area (Å²) in [4.78, 5) is 23.3. The molecule has 0 unspecified atom stereocenters. The summed E-state index contributed by atoms with van der Waals surface area (Å²) in [5, 5.41) is 2.63. The molecular weight excluding hydrogens is 310 g/mol. The number of fused-ring (bicyclic) bond motifs is 1. The molecule has 0 radical (unpaired) electrons. The van der Waals surface area contributed by atoms with Crippen molar-refractivity contribution in [1.29, 1.82) is 0 Å². The summed E-state index contributed by atoms with van der Waals surface area (Å²) < 4.78 is 15.4. The number of amides is 1. The monoisotopic (exact) mass is 325 g/mol. The van der Waals surface area contributed by atoms with E-state index in [1.165, 1.54) is 6.08 Å². The van der Waals surface area contributed by atoms with E-state index in [0.29, 0.717) is 17.2 Å². The van der Waals surface area contributed by atoms with Gasteiger partial charge in [-0.3, -0.25) is 4.79 Å². The van der Waals surface area contributed by atoms with Crippen molar-refractivity contribution in [2.24, 2.45) is 0 Å². The Balaban J connectivity index is 1.48. The van der Waals surface area contributed by atoms with Crippen LogP contribution in [0.3, 0.4) is 0 Å². The fourth-order valence-corrected chi connectivity index (χ4v) is 2.08. The van der Waals surface area contributed by atoms with Crippen LogP contribution in [-0.2, 0) is 14.3 Å². The number of carbonyl (C=O) groups excluding carboxylic acids is 2. The van der Waals surface area contributed by atoms with Crippen LogP contribution >= 0.6 is 0 Å². The van der Waals surface area contributed by atoms with Gasteiger partial charge in [-0.2, -0.15) is 0 Å². The average molecular weight is 325 g/mol. The Kier molecular flexibility index (Phi) is 4.76. The maximum Gasteiger partial charge on any atom is 0.331 e. The van der Waals surface area contributed by atoms with Crippen LogP contribution < -0.4 is 14.8 Å². The zero-order valence-electron chi connectivity index (χ0n) is 12.7. The van der Waals surface area contributed by atoms with Crippen LogP contribution in [0, 0.1) is 0 Å². The molecule has 1 heterocycles. The van der Waals surface area contributed by atoms with Crippen molar-refractivity contribution in [2.45, 2.75) is 0 Å². The molecule has 0 saturated carbocycles. The molecular formula is C18H15NO5. The number of nitrogens with one attached hydrogen (secondary N) is 1. The zero-order valence-corrected chi connectivity index (χ0v) is 12.7. The van der Waals surface area contributed by atoms with Gasteiger partial charge in [0.2, 0.25) is 6.79 Å². The fourth-order valence-electron chi connectivity index (χ4n) is 2.08. The molecule has 122 valence electrons. The molecule has 0 bridgehead atoms. The molecule has 1 amide bonds. The van der Waals surface area contributed by atoms with E-state index >= 15 is 0 Å². The van der Waals surface area contributed by atoms with Crippen LogP contribution in [0.2, 0.25) is 0 Å². The van der Waals surface area contributed by atoms with E-state index in [-0.39, 0.29) is 13.4 Å². The third-order valence-corrected chi connectivity index (χ3v) is 3.21. The minimum Gasteiger partial charge on any atom is -0.454 e. The van der Waals surface area contributed by atoms with E-state index in [0.717, 1.165) is 5.56 Å². The van der Waals surface area contributed by atoms with Gasteiger partial charge in [-0.25, -0.2) is 4.79 Å². The predicted molar refractivity (Wildman–Crippen MR) is 87.6 cm³/mol. The third kappa shape index (κ3) is 4.13. The van der Waals surface area contributed by atoms with Crippen LogP contribution in [-0.4, -0.2) is 25.3 Å². The van der Waals surface area contributed by atoms with E-state index in [9.17, 15) is 9.59 Å². The molecule has 0 atom stereocenters. The van der Waals surface area contributed by atoms with Crippen molar-refractivity contribution in [1.82, 2.24) is 0 Å². The normalized spacial score (nSPS) is 12.2. The van der Waals surface area contributed by atoms with Crippen LogP contribution in [0.4, 0.5) is 5.69 Å². The molecule has 1 aliphatic rings. The molecule has 1 N–H and O–H groups in total. The van der Waals surface area contributed by atoms with Crippen molar-refractivity contribution < 1.29 is 23.8 Å². The highest BCUT2D eigenvalue weighted by Gasteiger charge is 2.12. The van der Waals surface area contributed by atoms with Gasteiger partial charge < -0.3 is 19.5 Å². The van der Waals surface area contributed by atoms with Crippen molar-refractivity contribution in [2.75, 3.05) is 18.7 Å². The van der Waals surface area contributed by atoms with Crippen molar-refractivity contribution in [3.8, 4) is 11.5 Å². The smallest absolute Gasteiger partial charge is 0.331 e. The van der Waals surface area contributed by atoms with Gasteiger partial charge in [-0.1, -0.05) is 24.3 Å². The van der Waals surface area contributed by atoms with Crippen molar-refractivity contribution >= 4 is 23.6 Å². The first-order valence-electron chi connectivity index (χ1n) is 7.30. The number of esters is 1. The molecule has 0 aliphatic carbocycles. The largest absolute Gasteiger partial charge is 0.454 e. The van der Waals surface area contributed by atoms with E-state index in [4.69, 9.17) is 14.2 Å². The molecule has 1 aliphatic heterocycles. The van der Waals surface area contributed by atoms with Gasteiger partial charge in [-0.05, 0) is 35.9 Å². The van der Waals surface area contributed by atoms with Gasteiger partial charge in [0.15, 0.2) is 18.1 Å². The summed E-state index contributed by atoms with van der Waals surface area (Å²) in [6.45, 7) is -0.153. The lowest BCUT2D eigenvalue weighted by Gasteiger charge is -2.04. The summed E-state index contributed by atoms with van der Waals surface area (Å²) in [7, 11) is 0. The van der Waals surface area contributed by atoms with Gasteiger partial charge in [0.1, 0.15) is 0 Å². The minimum absolute atomic E-state index is 0.196. The topological polar surface area (TPSA) is 73.9 Å². The number of anilines is 1. The van der Waals surface area contributed by atoms with E-state index in [1.807, 2.05) is 6.07 Å². The highest BCUT2D eigenvalue weighted by molar-refractivity contribution is 5.94. The van der Waals surface area contributed by atoms with Crippen LogP contribution in [0.25, 0.3) is 6.08 Å². The number of carbonyl (C=O) groups is 2. The first-order chi connectivity index (χ1) is 11.7. The third-order valence-electron chi connectivity index (χ3n) is 3.21. The van der Waals surface area contributed by atoms with Gasteiger partial charge >= 0.3 is 5.97 Å². The highest BCUT2D eigenvalue weighted by atomic mass is 16.7. The second-order valence-electron chi connectivity index (χ2n) is 4.97. The number of para-hydroxylation sites is 1. The fraction of sp³-hybridized carbons (Fsp3) is 0.111. The number of hydrogen-bond donors (Lipinski definition) is 1. The molecule has 0 saturated heterocycles. The summed E-state index contributed by atoms with van der Waals surface area (Å²) in [6.07, 6.45) is 2.84. The minimum atomic E-state index is -0.601. The van der Waals surface area contributed by atoms with Gasteiger partial charge in [0, 0.05) is 11.8 Å². The summed E-state index contributed by atoms with van der Waals surface area (Å²) >= 11 is 0. The molecule has 6 nitrogen and oxygen atoms in total. The zero-order chi connectivity index (χ0) is 16.8. The number of hydrogen-bond acceptors (Lipinski definition) is 5. The molecule has 0 fully saturated rings. The number of rotatable bonds is 5. The maximum atomic E-state index is 11.7. The lowest BCUT2D eigenvalue weighted by molar-refractivity contribution is -0.142. The van der Waals surface area contributed by atoms with Gasteiger partial charge in [-0.15, -0.1) is 0 Å². The Morgan fingerprint density at radius 1 is 1.08 bits per heavy atom. The van der Waals surface area contributed by atoms with Crippen LogP contribution in [0.5, 0.6) is 11.5 Å². The second-order valence-corrected chi connectivity index (χ2v) is 4.97. The standard InChI is InChI=1S/C18H15NO5/c20-17(19-14-4-2-1-3-5-14)11-22-18(21)9-7-13-6-8-15-16(10-13)24-12-23-15/h1-10H,11-12H2,(H,19,20). The van der Waals surface area contributed by atoms with Crippen molar-refractivity contribution in [3.05, 3.63) is 60.2 Å². The summed E-state index contributed by atoms with van der Waals surface area (Å²) in [5.74, 6) is 0.307. The highest BCUT2D eigenvalue weighted by Crippen LogP contribution is 2.32. The number of benzene rings is 2. The molecule has 6 heteroatoms. The maximum absolute atomic E-state index is 11.7. The van der Waals surface area contributed by atoms with Gasteiger partial charge in [0.25, 0.3) is 5.91 Å². The molecule has 2 aromatic carbocycles. The van der Waals surface area contributed by atoms with E-state index < -0.39 is 11.9 Å². The van der Waals surface area contributed by atoms with Crippen LogP contribution in [0.1, 0.15) is 5.56 Å². The first-order valence-corrected chi connectivity index (χ1v) is 7.30. The molecule has 24 heavy (non-hydrogen) atoms. The van der Waals surface area contributed by atoms with E-state index in [2.05, 4.69) is 5.32 Å². The average Bonchev–Trinajstić information content (AvgIpc) is 3.07. The Morgan fingerprint density at radius 2 is 1.88 bits per heavy atom. The first kappa shape index (κ1) is 15.6. The summed E-state index contributed by atoms with van der Waals surface area (Å²) in [5.41, 5.74) is 1.42. The molecule has 0 aromatic heterocycles. The summed E-state index contributed by atoms with van der Waals surface area (Å²) in [6, 6.07) is 14.3. The Labute approximate surface area is 138 Å². The quantitative estimate of drug-likeness (QED) is 0.676. The molecule has 3 rings (SSSR count). The lowest BCUT2D eigenvalue weighted by Crippen LogP contribution is -2.20. The Bertz CT molecular complexity index is 770. The SMILES string of the molecule is O=C(COC(=O)C=Cc1ccc2c(c1)OCO2)Nc1ccccc1. The Morgan fingerprint density at radius 3 is 2.71 bits per heavy atom. The second kappa shape index (κ2) is 7.32. The van der Waals surface area contributed by atoms with Gasteiger partial charge in [0.05, 0.1) is 0 Å². The van der Waals surface area contributed by atoms with Crippen molar-refractivity contribution in [3.63, 3.8) is 0 Å². The predicted octanol–water partition coefficient (Wildman–Crippen LogP) is 2.61. The lowest BCUT2D eigenvalue weighted by atomic mass is 10.2. The Hall–Kier alpha value is -3.28. The number of ether oxygens (including phenoxy) is 3.